The van der Waals surface area contributed by atoms with Crippen molar-refractivity contribution in [1.29, 1.82) is 0 Å². The Hall–Kier alpha value is -3.20. The molecule has 4 aromatic rings. The molecule has 0 atom stereocenters. The largest absolute Gasteiger partial charge is 0.496 e. The summed E-state index contributed by atoms with van der Waals surface area (Å²) in [6.07, 6.45) is -2.98. The summed E-state index contributed by atoms with van der Waals surface area (Å²) in [5.74, 6) is 1.95. The molecule has 0 aliphatic heterocycles. The molecule has 154 valence electrons. The van der Waals surface area contributed by atoms with Crippen LogP contribution in [0.4, 0.5) is 13.2 Å². The fourth-order valence-electron chi connectivity index (χ4n) is 2.95. The second kappa shape index (κ2) is 8.27. The third kappa shape index (κ3) is 4.06. The van der Waals surface area contributed by atoms with Crippen LogP contribution in [0.15, 0.2) is 76.5 Å². The number of aromatic nitrogens is 3. The Labute approximate surface area is 174 Å². The number of nitrogens with zero attached hydrogens (tertiary/aromatic N) is 3. The molecule has 0 saturated heterocycles. The molecule has 2 aromatic carbocycles. The number of para-hydroxylation sites is 1. The Bertz CT molecular complexity index is 1140. The molecule has 0 saturated carbocycles. The van der Waals surface area contributed by atoms with Gasteiger partial charge in [-0.25, -0.2) is 0 Å². The molecule has 0 aliphatic rings. The van der Waals surface area contributed by atoms with Crippen LogP contribution < -0.4 is 4.74 Å². The third-order valence-corrected chi connectivity index (χ3v) is 5.33. The zero-order valence-corrected chi connectivity index (χ0v) is 16.6. The molecule has 0 fully saturated rings. The molecule has 0 amide bonds. The maximum Gasteiger partial charge on any atom is 0.416 e. The first-order valence-electron chi connectivity index (χ1n) is 8.89. The SMILES string of the molecule is COc1ccccc1CSc1nnc(-c2ccco2)n1-c1cccc(C(F)(F)F)c1. The van der Waals surface area contributed by atoms with Gasteiger partial charge in [0.25, 0.3) is 0 Å². The van der Waals surface area contributed by atoms with Crippen LogP contribution >= 0.6 is 11.8 Å². The minimum absolute atomic E-state index is 0.295. The van der Waals surface area contributed by atoms with Gasteiger partial charge in [0.05, 0.1) is 24.6 Å². The van der Waals surface area contributed by atoms with Crippen molar-refractivity contribution in [2.45, 2.75) is 17.1 Å². The van der Waals surface area contributed by atoms with Crippen LogP contribution in [0.5, 0.6) is 5.75 Å². The van der Waals surface area contributed by atoms with Gasteiger partial charge in [-0.1, -0.05) is 36.0 Å². The fraction of sp³-hybridized carbons (Fsp3) is 0.143. The number of hydrogen-bond donors (Lipinski definition) is 0. The van der Waals surface area contributed by atoms with Crippen molar-refractivity contribution >= 4 is 11.8 Å². The van der Waals surface area contributed by atoms with Gasteiger partial charge in [0, 0.05) is 11.3 Å². The number of hydrogen-bond acceptors (Lipinski definition) is 5. The van der Waals surface area contributed by atoms with Crippen LogP contribution in [0.3, 0.4) is 0 Å². The summed E-state index contributed by atoms with van der Waals surface area (Å²) in [4.78, 5) is 0. The van der Waals surface area contributed by atoms with E-state index < -0.39 is 11.7 Å². The summed E-state index contributed by atoms with van der Waals surface area (Å²) in [7, 11) is 1.59. The summed E-state index contributed by atoms with van der Waals surface area (Å²) in [5, 5.41) is 8.81. The number of ether oxygens (including phenoxy) is 1. The Morgan fingerprint density at radius 3 is 2.60 bits per heavy atom. The molecule has 0 aliphatic carbocycles. The molecule has 0 bridgehead atoms. The Balaban J connectivity index is 1.75. The number of alkyl halides is 3. The van der Waals surface area contributed by atoms with E-state index in [0.29, 0.717) is 28.2 Å². The monoisotopic (exact) mass is 431 g/mol. The first kappa shape index (κ1) is 20.1. The highest BCUT2D eigenvalue weighted by Gasteiger charge is 2.31. The van der Waals surface area contributed by atoms with Crippen molar-refractivity contribution in [2.75, 3.05) is 7.11 Å². The van der Waals surface area contributed by atoms with E-state index in [4.69, 9.17) is 9.15 Å². The lowest BCUT2D eigenvalue weighted by atomic mass is 10.2. The summed E-state index contributed by atoms with van der Waals surface area (Å²) in [5.41, 5.74) is 0.478. The van der Waals surface area contributed by atoms with Gasteiger partial charge < -0.3 is 9.15 Å². The summed E-state index contributed by atoms with van der Waals surface area (Å²) >= 11 is 1.34. The van der Waals surface area contributed by atoms with E-state index in [9.17, 15) is 13.2 Å². The van der Waals surface area contributed by atoms with E-state index in [1.54, 1.807) is 29.9 Å². The van der Waals surface area contributed by atoms with Crippen LogP contribution in [-0.4, -0.2) is 21.9 Å². The van der Waals surface area contributed by atoms with Gasteiger partial charge in [-0.3, -0.25) is 4.57 Å². The number of furan rings is 1. The number of benzene rings is 2. The lowest BCUT2D eigenvalue weighted by Crippen LogP contribution is -2.07. The second-order valence-electron chi connectivity index (χ2n) is 6.27. The van der Waals surface area contributed by atoms with Gasteiger partial charge in [0.2, 0.25) is 5.82 Å². The summed E-state index contributed by atoms with van der Waals surface area (Å²) in [6, 6.07) is 15.9. The summed E-state index contributed by atoms with van der Waals surface area (Å²) < 4.78 is 52.1. The minimum Gasteiger partial charge on any atom is -0.496 e. The molecular formula is C21H16F3N3O2S. The minimum atomic E-state index is -4.46. The zero-order valence-electron chi connectivity index (χ0n) is 15.8. The van der Waals surface area contributed by atoms with E-state index in [2.05, 4.69) is 10.2 Å². The quantitative estimate of drug-likeness (QED) is 0.359. The van der Waals surface area contributed by atoms with Crippen molar-refractivity contribution < 1.29 is 22.3 Å². The first-order chi connectivity index (χ1) is 14.5. The zero-order chi connectivity index (χ0) is 21.1. The van der Waals surface area contributed by atoms with E-state index in [1.807, 2.05) is 24.3 Å². The first-order valence-corrected chi connectivity index (χ1v) is 9.87. The van der Waals surface area contributed by atoms with E-state index >= 15 is 0 Å². The van der Waals surface area contributed by atoms with E-state index in [-0.39, 0.29) is 0 Å². The van der Waals surface area contributed by atoms with Gasteiger partial charge in [-0.15, -0.1) is 10.2 Å². The molecule has 4 rings (SSSR count). The number of thioether (sulfide) groups is 1. The van der Waals surface area contributed by atoms with Gasteiger partial charge in [0.15, 0.2) is 10.9 Å². The average Bonchev–Trinajstić information content (AvgIpc) is 3.41. The maximum absolute atomic E-state index is 13.3. The number of rotatable bonds is 6. The van der Waals surface area contributed by atoms with Crippen molar-refractivity contribution in [3.8, 4) is 23.0 Å². The Morgan fingerprint density at radius 2 is 1.87 bits per heavy atom. The molecule has 5 nitrogen and oxygen atoms in total. The molecule has 0 unspecified atom stereocenters. The van der Waals surface area contributed by atoms with Crippen LogP contribution in [0.2, 0.25) is 0 Å². The fourth-order valence-corrected chi connectivity index (χ4v) is 3.89. The van der Waals surface area contributed by atoms with E-state index in [0.717, 1.165) is 23.4 Å². The van der Waals surface area contributed by atoms with E-state index in [1.165, 1.54) is 24.1 Å². The molecule has 0 spiro atoms. The smallest absolute Gasteiger partial charge is 0.416 e. The normalized spacial score (nSPS) is 11.6. The predicted molar refractivity (Wildman–Crippen MR) is 107 cm³/mol. The highest BCUT2D eigenvalue weighted by molar-refractivity contribution is 7.98. The molecule has 2 heterocycles. The standard InChI is InChI=1S/C21H16F3N3O2S/c1-28-17-9-3-2-6-14(17)13-30-20-26-25-19(18-10-5-11-29-18)27(20)16-8-4-7-15(12-16)21(22,23)24/h2-12H,13H2,1H3. The van der Waals surface area contributed by atoms with Crippen LogP contribution in [-0.2, 0) is 11.9 Å². The van der Waals surface area contributed by atoms with Gasteiger partial charge in [-0.2, -0.15) is 13.2 Å². The van der Waals surface area contributed by atoms with Crippen molar-refractivity contribution in [3.05, 3.63) is 78.1 Å². The van der Waals surface area contributed by atoms with Crippen molar-refractivity contribution in [3.63, 3.8) is 0 Å². The maximum atomic E-state index is 13.3. The highest BCUT2D eigenvalue weighted by Crippen LogP contribution is 2.35. The molecule has 0 radical (unpaired) electrons. The second-order valence-corrected chi connectivity index (χ2v) is 7.21. The number of methoxy groups -OCH3 is 1. The van der Waals surface area contributed by atoms with Crippen LogP contribution in [0.1, 0.15) is 11.1 Å². The molecule has 30 heavy (non-hydrogen) atoms. The third-order valence-electron chi connectivity index (χ3n) is 4.36. The number of halogens is 3. The van der Waals surface area contributed by atoms with Crippen LogP contribution in [0, 0.1) is 0 Å². The molecule has 2 aromatic heterocycles. The lowest BCUT2D eigenvalue weighted by Gasteiger charge is -2.13. The molecule has 9 heteroatoms. The lowest BCUT2D eigenvalue weighted by molar-refractivity contribution is -0.137. The summed E-state index contributed by atoms with van der Waals surface area (Å²) in [6.45, 7) is 0. The highest BCUT2D eigenvalue weighted by atomic mass is 32.2. The van der Waals surface area contributed by atoms with Crippen LogP contribution in [0.25, 0.3) is 17.3 Å². The Morgan fingerprint density at radius 1 is 1.03 bits per heavy atom. The Kier molecular flexibility index (Phi) is 5.54. The van der Waals surface area contributed by atoms with Gasteiger partial charge in [-0.05, 0) is 36.4 Å². The average molecular weight is 431 g/mol. The topological polar surface area (TPSA) is 53.1 Å². The van der Waals surface area contributed by atoms with Gasteiger partial charge in [0.1, 0.15) is 5.75 Å². The van der Waals surface area contributed by atoms with Crippen molar-refractivity contribution in [1.82, 2.24) is 14.8 Å². The predicted octanol–water partition coefficient (Wildman–Crippen LogP) is 5.85. The van der Waals surface area contributed by atoms with Crippen molar-refractivity contribution in [2.24, 2.45) is 0 Å². The molecule has 0 N–H and O–H groups in total. The molecular weight excluding hydrogens is 415 g/mol. The van der Waals surface area contributed by atoms with Gasteiger partial charge >= 0.3 is 6.18 Å².